The number of nitrogens with two attached hydrogens (primary N) is 1. The summed E-state index contributed by atoms with van der Waals surface area (Å²) in [4.78, 5) is 9.76. The monoisotopic (exact) mass is 264 g/mol. The van der Waals surface area contributed by atoms with E-state index in [1.165, 1.54) is 0 Å². The summed E-state index contributed by atoms with van der Waals surface area (Å²) in [6, 6.07) is 3.94. The number of pyridine rings is 1. The lowest BCUT2D eigenvalue weighted by atomic mass is 10.2. The second-order valence-corrected chi connectivity index (χ2v) is 5.05. The van der Waals surface area contributed by atoms with E-state index in [1.54, 1.807) is 0 Å². The molecule has 0 saturated carbocycles. The van der Waals surface area contributed by atoms with Gasteiger partial charge in [-0.25, -0.2) is 4.98 Å². The summed E-state index contributed by atoms with van der Waals surface area (Å²) < 4.78 is 0. The summed E-state index contributed by atoms with van der Waals surface area (Å²) in [5, 5.41) is 0. The number of piperazine rings is 1. The van der Waals surface area contributed by atoms with Crippen molar-refractivity contribution in [2.24, 2.45) is 5.73 Å². The summed E-state index contributed by atoms with van der Waals surface area (Å²) in [6.45, 7) is 9.42. The lowest BCUT2D eigenvalue weighted by molar-refractivity contribution is 0.270. The molecule has 5 heteroatoms. The smallest absolute Gasteiger partial charge is 0.139 e. The standard InChI is InChI=1S/C13H20N4S/c1-3-16-6-8-17(9-7-16)13-11(12(14)18)5-4-10(2)15-13/h4-5H,3,6-9H2,1-2H3,(H2,14,18). The first kappa shape index (κ1) is 13.2. The van der Waals surface area contributed by atoms with E-state index in [1.807, 2.05) is 19.1 Å². The van der Waals surface area contributed by atoms with E-state index in [0.717, 1.165) is 49.8 Å². The van der Waals surface area contributed by atoms with E-state index < -0.39 is 0 Å². The van der Waals surface area contributed by atoms with Crippen LogP contribution in [0.5, 0.6) is 0 Å². The van der Waals surface area contributed by atoms with Gasteiger partial charge < -0.3 is 15.5 Å². The molecule has 98 valence electrons. The van der Waals surface area contributed by atoms with Crippen LogP contribution in [0.2, 0.25) is 0 Å². The molecule has 2 rings (SSSR count). The highest BCUT2D eigenvalue weighted by molar-refractivity contribution is 7.80. The fourth-order valence-electron chi connectivity index (χ4n) is 2.25. The van der Waals surface area contributed by atoms with Crippen molar-refractivity contribution in [3.63, 3.8) is 0 Å². The van der Waals surface area contributed by atoms with Gasteiger partial charge in [0.1, 0.15) is 10.8 Å². The molecule has 4 nitrogen and oxygen atoms in total. The maximum atomic E-state index is 5.78. The van der Waals surface area contributed by atoms with Crippen molar-refractivity contribution in [1.29, 1.82) is 0 Å². The molecule has 0 bridgehead atoms. The molecule has 2 heterocycles. The van der Waals surface area contributed by atoms with Crippen LogP contribution in [0.1, 0.15) is 18.2 Å². The molecule has 0 amide bonds. The third-order valence-electron chi connectivity index (χ3n) is 3.40. The Balaban J connectivity index is 2.22. The van der Waals surface area contributed by atoms with Crippen LogP contribution in [0, 0.1) is 6.92 Å². The van der Waals surface area contributed by atoms with Crippen LogP contribution in [0.3, 0.4) is 0 Å². The minimum atomic E-state index is 0.426. The van der Waals surface area contributed by atoms with Gasteiger partial charge in [-0.15, -0.1) is 0 Å². The first-order valence-electron chi connectivity index (χ1n) is 6.36. The molecule has 1 aromatic heterocycles. The Morgan fingerprint density at radius 2 is 2.00 bits per heavy atom. The minimum absolute atomic E-state index is 0.426. The van der Waals surface area contributed by atoms with Crippen LogP contribution in [0.15, 0.2) is 12.1 Å². The van der Waals surface area contributed by atoms with E-state index >= 15 is 0 Å². The predicted octanol–water partition coefficient (Wildman–Crippen LogP) is 1.17. The molecule has 0 aliphatic carbocycles. The van der Waals surface area contributed by atoms with Crippen LogP contribution >= 0.6 is 12.2 Å². The van der Waals surface area contributed by atoms with Gasteiger partial charge in [-0.2, -0.15) is 0 Å². The Kier molecular flexibility index (Phi) is 4.14. The SMILES string of the molecule is CCN1CCN(c2nc(C)ccc2C(N)=S)CC1. The highest BCUT2D eigenvalue weighted by atomic mass is 32.1. The average Bonchev–Trinajstić information content (AvgIpc) is 2.38. The Morgan fingerprint density at radius 1 is 1.33 bits per heavy atom. The third-order valence-corrected chi connectivity index (χ3v) is 3.62. The number of anilines is 1. The van der Waals surface area contributed by atoms with Gasteiger partial charge in [-0.05, 0) is 25.6 Å². The molecule has 0 aromatic carbocycles. The van der Waals surface area contributed by atoms with E-state index in [2.05, 4.69) is 21.7 Å². The normalized spacial score (nSPS) is 16.9. The quantitative estimate of drug-likeness (QED) is 0.830. The van der Waals surface area contributed by atoms with Crippen LogP contribution in [0.4, 0.5) is 5.82 Å². The van der Waals surface area contributed by atoms with Gasteiger partial charge in [-0.1, -0.05) is 19.1 Å². The van der Waals surface area contributed by atoms with Crippen molar-refractivity contribution < 1.29 is 0 Å². The molecule has 1 saturated heterocycles. The van der Waals surface area contributed by atoms with Crippen LogP contribution < -0.4 is 10.6 Å². The Morgan fingerprint density at radius 3 is 2.56 bits per heavy atom. The van der Waals surface area contributed by atoms with E-state index in [4.69, 9.17) is 18.0 Å². The van der Waals surface area contributed by atoms with E-state index in [-0.39, 0.29) is 0 Å². The summed E-state index contributed by atoms with van der Waals surface area (Å²) in [5.41, 5.74) is 7.67. The molecule has 2 N–H and O–H groups in total. The van der Waals surface area contributed by atoms with Gasteiger partial charge >= 0.3 is 0 Å². The molecule has 0 spiro atoms. The van der Waals surface area contributed by atoms with Crippen molar-refractivity contribution >= 4 is 23.0 Å². The maximum absolute atomic E-state index is 5.78. The third kappa shape index (κ3) is 2.79. The van der Waals surface area contributed by atoms with Crippen LogP contribution in [-0.2, 0) is 0 Å². The Hall–Kier alpha value is -1.20. The lowest BCUT2D eigenvalue weighted by Crippen LogP contribution is -2.47. The van der Waals surface area contributed by atoms with Gasteiger partial charge in [0.2, 0.25) is 0 Å². The topological polar surface area (TPSA) is 45.4 Å². The zero-order valence-electron chi connectivity index (χ0n) is 11.0. The maximum Gasteiger partial charge on any atom is 0.139 e. The molecule has 1 aliphatic rings. The number of nitrogens with zero attached hydrogens (tertiary/aromatic N) is 3. The van der Waals surface area contributed by atoms with Crippen molar-refractivity contribution in [1.82, 2.24) is 9.88 Å². The Bertz CT molecular complexity index is 439. The highest BCUT2D eigenvalue weighted by Crippen LogP contribution is 2.20. The van der Waals surface area contributed by atoms with E-state index in [9.17, 15) is 0 Å². The number of aryl methyl sites for hydroxylation is 1. The first-order chi connectivity index (χ1) is 8.61. The van der Waals surface area contributed by atoms with Gasteiger partial charge in [0, 0.05) is 31.9 Å². The van der Waals surface area contributed by atoms with Crippen molar-refractivity contribution in [3.8, 4) is 0 Å². The van der Waals surface area contributed by atoms with Gasteiger partial charge in [0.25, 0.3) is 0 Å². The minimum Gasteiger partial charge on any atom is -0.389 e. The molecule has 1 fully saturated rings. The molecule has 18 heavy (non-hydrogen) atoms. The number of hydrogen-bond acceptors (Lipinski definition) is 4. The number of hydrogen-bond donors (Lipinski definition) is 1. The van der Waals surface area contributed by atoms with Gasteiger partial charge in [0.05, 0.1) is 5.56 Å². The largest absolute Gasteiger partial charge is 0.389 e. The van der Waals surface area contributed by atoms with E-state index in [0.29, 0.717) is 4.99 Å². The molecule has 0 atom stereocenters. The van der Waals surface area contributed by atoms with Crippen molar-refractivity contribution in [2.75, 3.05) is 37.6 Å². The number of thiocarbonyl (C=S) groups is 1. The molecular weight excluding hydrogens is 244 g/mol. The highest BCUT2D eigenvalue weighted by Gasteiger charge is 2.20. The molecule has 0 unspecified atom stereocenters. The second-order valence-electron chi connectivity index (χ2n) is 4.61. The van der Waals surface area contributed by atoms with Crippen LogP contribution in [-0.4, -0.2) is 47.6 Å². The van der Waals surface area contributed by atoms with Gasteiger partial charge in [0.15, 0.2) is 0 Å². The van der Waals surface area contributed by atoms with Crippen molar-refractivity contribution in [3.05, 3.63) is 23.4 Å². The molecule has 1 aliphatic heterocycles. The summed E-state index contributed by atoms with van der Waals surface area (Å²) in [7, 11) is 0. The molecule has 0 radical (unpaired) electrons. The summed E-state index contributed by atoms with van der Waals surface area (Å²) in [6.07, 6.45) is 0. The van der Waals surface area contributed by atoms with Gasteiger partial charge in [-0.3, -0.25) is 0 Å². The number of aromatic nitrogens is 1. The lowest BCUT2D eigenvalue weighted by Gasteiger charge is -2.35. The summed E-state index contributed by atoms with van der Waals surface area (Å²) in [5.74, 6) is 0.943. The average molecular weight is 264 g/mol. The fourth-order valence-corrected chi connectivity index (χ4v) is 2.41. The summed E-state index contributed by atoms with van der Waals surface area (Å²) >= 11 is 5.11. The first-order valence-corrected chi connectivity index (χ1v) is 6.77. The number of likely N-dealkylation sites (N-methyl/N-ethyl adjacent to an activating group) is 1. The predicted molar refractivity (Wildman–Crippen MR) is 79.2 cm³/mol. The second kappa shape index (κ2) is 5.63. The van der Waals surface area contributed by atoms with Crippen LogP contribution in [0.25, 0.3) is 0 Å². The zero-order chi connectivity index (χ0) is 13.1. The Labute approximate surface area is 114 Å². The fraction of sp³-hybridized carbons (Fsp3) is 0.538. The number of rotatable bonds is 3. The zero-order valence-corrected chi connectivity index (χ0v) is 11.8. The van der Waals surface area contributed by atoms with Crippen molar-refractivity contribution in [2.45, 2.75) is 13.8 Å². The molecular formula is C13H20N4S. The molecule has 1 aromatic rings.